The molecule has 4 rings (SSSR count). The van der Waals surface area contributed by atoms with Gasteiger partial charge in [-0.1, -0.05) is 24.3 Å². The molecule has 0 aliphatic rings. The predicted octanol–water partition coefficient (Wildman–Crippen LogP) is 4.46. The van der Waals surface area contributed by atoms with Crippen molar-refractivity contribution >= 4 is 33.2 Å². The van der Waals surface area contributed by atoms with Gasteiger partial charge in [-0.3, -0.25) is 0 Å². The third-order valence-corrected chi connectivity index (χ3v) is 5.16. The zero-order valence-corrected chi connectivity index (χ0v) is 16.5. The van der Waals surface area contributed by atoms with E-state index in [1.807, 2.05) is 0 Å². The number of rotatable bonds is 4. The Balaban J connectivity index is 1.96. The van der Waals surface area contributed by atoms with E-state index in [1.54, 1.807) is 0 Å². The largest absolute Gasteiger partial charge is 0.378 e. The Hall–Kier alpha value is -3.07. The van der Waals surface area contributed by atoms with Gasteiger partial charge in [0.15, 0.2) is 6.54 Å². The molecule has 3 heteroatoms. The number of fused-ring (bicyclic) bond motifs is 2. The van der Waals surface area contributed by atoms with Gasteiger partial charge in [-0.25, -0.2) is 0 Å². The monoisotopic (exact) mass is 356 g/mol. The summed E-state index contributed by atoms with van der Waals surface area (Å²) in [4.78, 5) is 4.36. The van der Waals surface area contributed by atoms with Crippen LogP contribution in [0.5, 0.6) is 0 Å². The maximum Gasteiger partial charge on any atom is 0.213 e. The molecule has 0 bridgehead atoms. The van der Waals surface area contributed by atoms with Gasteiger partial charge in [0.25, 0.3) is 0 Å². The molecular formula is C24H26N3+. The second-order valence-electron chi connectivity index (χ2n) is 7.45. The molecule has 3 nitrogen and oxygen atoms in total. The SMILES string of the molecule is CN(C)c1ccc(N(C)C)c(C[n+]2c3ccccc3cc3ccccc32)c1. The fourth-order valence-corrected chi connectivity index (χ4v) is 3.76. The van der Waals surface area contributed by atoms with E-state index in [9.17, 15) is 0 Å². The van der Waals surface area contributed by atoms with Crippen molar-refractivity contribution in [2.45, 2.75) is 6.54 Å². The van der Waals surface area contributed by atoms with Crippen LogP contribution in [-0.2, 0) is 6.54 Å². The van der Waals surface area contributed by atoms with Gasteiger partial charge in [0.2, 0.25) is 11.0 Å². The van der Waals surface area contributed by atoms with Gasteiger partial charge in [0.1, 0.15) is 0 Å². The number of hydrogen-bond acceptors (Lipinski definition) is 2. The third kappa shape index (κ3) is 3.21. The molecule has 1 aromatic heterocycles. The highest BCUT2D eigenvalue weighted by Gasteiger charge is 2.18. The first-order valence-electron chi connectivity index (χ1n) is 9.32. The minimum absolute atomic E-state index is 0.830. The number of benzene rings is 3. The third-order valence-electron chi connectivity index (χ3n) is 5.16. The van der Waals surface area contributed by atoms with Crippen LogP contribution in [0.2, 0.25) is 0 Å². The molecule has 0 atom stereocenters. The molecule has 0 radical (unpaired) electrons. The van der Waals surface area contributed by atoms with Gasteiger partial charge in [-0.2, -0.15) is 4.57 Å². The molecule has 0 unspecified atom stereocenters. The Morgan fingerprint density at radius 1 is 0.667 bits per heavy atom. The summed E-state index contributed by atoms with van der Waals surface area (Å²) in [5.41, 5.74) is 6.32. The van der Waals surface area contributed by atoms with Crippen LogP contribution in [0.25, 0.3) is 21.8 Å². The first kappa shape index (κ1) is 17.3. The van der Waals surface area contributed by atoms with E-state index in [2.05, 4.69) is 115 Å². The van der Waals surface area contributed by atoms with Crippen LogP contribution in [0.15, 0.2) is 72.8 Å². The Morgan fingerprint density at radius 3 is 1.81 bits per heavy atom. The van der Waals surface area contributed by atoms with E-state index in [0.29, 0.717) is 0 Å². The second kappa shape index (κ2) is 6.92. The van der Waals surface area contributed by atoms with Crippen molar-refractivity contribution in [2.24, 2.45) is 0 Å². The van der Waals surface area contributed by atoms with E-state index >= 15 is 0 Å². The molecule has 136 valence electrons. The standard InChI is InChI=1S/C24H26N3/c1-25(2)21-13-14-22(26(3)4)20(16-21)17-27-23-11-7-5-9-18(23)15-19-10-6-8-12-24(19)27/h5-16H,17H2,1-4H3/q+1. The van der Waals surface area contributed by atoms with Gasteiger partial charge in [-0.15, -0.1) is 0 Å². The number of anilines is 2. The van der Waals surface area contributed by atoms with Crippen LogP contribution in [0.4, 0.5) is 11.4 Å². The van der Waals surface area contributed by atoms with Crippen molar-refractivity contribution < 1.29 is 4.57 Å². The van der Waals surface area contributed by atoms with Crippen LogP contribution in [0.1, 0.15) is 5.56 Å². The highest BCUT2D eigenvalue weighted by atomic mass is 15.1. The zero-order valence-electron chi connectivity index (χ0n) is 16.5. The van der Waals surface area contributed by atoms with E-state index in [-0.39, 0.29) is 0 Å². The molecule has 0 aliphatic carbocycles. The average Bonchev–Trinajstić information content (AvgIpc) is 2.67. The van der Waals surface area contributed by atoms with E-state index in [0.717, 1.165) is 6.54 Å². The minimum Gasteiger partial charge on any atom is -0.378 e. The zero-order chi connectivity index (χ0) is 19.0. The Labute approximate surface area is 161 Å². The number of pyridine rings is 1. The first-order valence-corrected chi connectivity index (χ1v) is 9.32. The van der Waals surface area contributed by atoms with Gasteiger partial charge in [0.05, 0.1) is 0 Å². The lowest BCUT2D eigenvalue weighted by atomic mass is 10.1. The predicted molar refractivity (Wildman–Crippen MR) is 116 cm³/mol. The van der Waals surface area contributed by atoms with Crippen molar-refractivity contribution in [1.29, 1.82) is 0 Å². The van der Waals surface area contributed by atoms with Crippen LogP contribution < -0.4 is 14.4 Å². The fraction of sp³-hybridized carbons (Fsp3) is 0.208. The smallest absolute Gasteiger partial charge is 0.213 e. The molecule has 0 amide bonds. The number of hydrogen-bond donors (Lipinski definition) is 0. The van der Waals surface area contributed by atoms with Gasteiger partial charge in [-0.05, 0) is 36.4 Å². The number of aromatic nitrogens is 1. The first-order chi connectivity index (χ1) is 13.0. The summed E-state index contributed by atoms with van der Waals surface area (Å²) in [5.74, 6) is 0. The van der Waals surface area contributed by atoms with Crippen molar-refractivity contribution in [3.63, 3.8) is 0 Å². The molecule has 0 fully saturated rings. The molecule has 0 saturated carbocycles. The fourth-order valence-electron chi connectivity index (χ4n) is 3.76. The van der Waals surface area contributed by atoms with Crippen LogP contribution in [0, 0.1) is 0 Å². The van der Waals surface area contributed by atoms with Crippen LogP contribution >= 0.6 is 0 Å². The number of nitrogens with zero attached hydrogens (tertiary/aromatic N) is 3. The maximum absolute atomic E-state index is 2.44. The molecule has 0 spiro atoms. The van der Waals surface area contributed by atoms with E-state index in [4.69, 9.17) is 0 Å². The Kier molecular flexibility index (Phi) is 4.44. The highest BCUT2D eigenvalue weighted by Crippen LogP contribution is 2.26. The van der Waals surface area contributed by atoms with Crippen LogP contribution in [-0.4, -0.2) is 28.2 Å². The minimum atomic E-state index is 0.830. The van der Waals surface area contributed by atoms with Crippen molar-refractivity contribution in [3.05, 3.63) is 78.4 Å². The summed E-state index contributed by atoms with van der Waals surface area (Å²) in [6.07, 6.45) is 0. The summed E-state index contributed by atoms with van der Waals surface area (Å²) >= 11 is 0. The van der Waals surface area contributed by atoms with E-state index < -0.39 is 0 Å². The summed E-state index contributed by atoms with van der Waals surface area (Å²) in [6.45, 7) is 0.830. The van der Waals surface area contributed by atoms with Crippen molar-refractivity contribution in [2.75, 3.05) is 38.0 Å². The normalized spacial score (nSPS) is 11.1. The summed E-state index contributed by atoms with van der Waals surface area (Å²) in [7, 11) is 8.41. The summed E-state index contributed by atoms with van der Waals surface area (Å²) < 4.78 is 2.44. The Morgan fingerprint density at radius 2 is 1.26 bits per heavy atom. The lowest BCUT2D eigenvalue weighted by molar-refractivity contribution is -0.635. The van der Waals surface area contributed by atoms with Gasteiger partial charge < -0.3 is 9.80 Å². The average molecular weight is 356 g/mol. The molecule has 0 N–H and O–H groups in total. The second-order valence-corrected chi connectivity index (χ2v) is 7.45. The molecule has 1 heterocycles. The lowest BCUT2D eigenvalue weighted by Crippen LogP contribution is -2.37. The van der Waals surface area contributed by atoms with E-state index in [1.165, 1.54) is 38.7 Å². The Bertz CT molecular complexity index is 1060. The molecule has 4 aromatic rings. The highest BCUT2D eigenvalue weighted by molar-refractivity contribution is 5.88. The van der Waals surface area contributed by atoms with Crippen molar-refractivity contribution in [1.82, 2.24) is 0 Å². The van der Waals surface area contributed by atoms with Crippen molar-refractivity contribution in [3.8, 4) is 0 Å². The maximum atomic E-state index is 2.44. The topological polar surface area (TPSA) is 10.4 Å². The summed E-state index contributed by atoms with van der Waals surface area (Å²) in [5, 5.41) is 2.54. The quantitative estimate of drug-likeness (QED) is 0.395. The van der Waals surface area contributed by atoms with Gasteiger partial charge >= 0.3 is 0 Å². The molecule has 0 aliphatic heterocycles. The van der Waals surface area contributed by atoms with Gasteiger partial charge in [0, 0.05) is 68.0 Å². The van der Waals surface area contributed by atoms with Crippen LogP contribution in [0.3, 0.4) is 0 Å². The summed E-state index contributed by atoms with van der Waals surface area (Å²) in [6, 6.07) is 26.3. The lowest BCUT2D eigenvalue weighted by Gasteiger charge is -2.20. The molecule has 27 heavy (non-hydrogen) atoms. The molecule has 3 aromatic carbocycles. The molecular weight excluding hydrogens is 330 g/mol. The number of para-hydroxylation sites is 2. The molecule has 0 saturated heterocycles.